The molecule has 0 bridgehead atoms. The van der Waals surface area contributed by atoms with Gasteiger partial charge in [0.1, 0.15) is 0 Å². The van der Waals surface area contributed by atoms with Gasteiger partial charge in [0.2, 0.25) is 5.75 Å². The molecule has 0 radical (unpaired) electrons. The average Bonchev–Trinajstić information content (AvgIpc) is 2.71. The summed E-state index contributed by atoms with van der Waals surface area (Å²) in [5.74, 6) is -0.627. The van der Waals surface area contributed by atoms with E-state index in [2.05, 4.69) is 0 Å². The van der Waals surface area contributed by atoms with E-state index in [1.54, 1.807) is 78.9 Å². The van der Waals surface area contributed by atoms with Gasteiger partial charge in [-0.05, 0) is 43.3 Å². The monoisotopic (exact) mass is 362 g/mol. The van der Waals surface area contributed by atoms with Gasteiger partial charge in [-0.1, -0.05) is 42.5 Å². The summed E-state index contributed by atoms with van der Waals surface area (Å²) >= 11 is 0. The van der Waals surface area contributed by atoms with Crippen molar-refractivity contribution < 1.29 is 23.8 Å². The molecule has 27 heavy (non-hydrogen) atoms. The number of carbonyl (C=O) groups excluding carboxylic acids is 2. The predicted octanol–water partition coefficient (Wildman–Crippen LogP) is 4.52. The number of esters is 2. The molecule has 0 heterocycles. The Kier molecular flexibility index (Phi) is 5.84. The average molecular weight is 362 g/mol. The summed E-state index contributed by atoms with van der Waals surface area (Å²) in [5.41, 5.74) is 0.767. The Balaban J connectivity index is 1.90. The van der Waals surface area contributed by atoms with Crippen LogP contribution in [-0.4, -0.2) is 18.5 Å². The van der Waals surface area contributed by atoms with Crippen molar-refractivity contribution in [1.29, 1.82) is 0 Å². The Morgan fingerprint density at radius 3 is 1.74 bits per heavy atom. The minimum absolute atomic E-state index is 0.0671. The lowest BCUT2D eigenvalue weighted by Gasteiger charge is -2.14. The lowest BCUT2D eigenvalue weighted by molar-refractivity contribution is 0.0677. The quantitative estimate of drug-likeness (QED) is 0.476. The van der Waals surface area contributed by atoms with E-state index in [0.29, 0.717) is 23.5 Å². The maximum atomic E-state index is 12.5. The molecule has 5 nitrogen and oxygen atoms in total. The molecule has 136 valence electrons. The standard InChI is InChI=1S/C22H18O5/c1-2-25-18-14-9-15-19(26-21(23)16-10-5-3-6-11-16)20(18)27-22(24)17-12-7-4-8-13-17/h3-15H,2H2,1H3. The Labute approximate surface area is 157 Å². The van der Waals surface area contributed by atoms with Crippen LogP contribution in [0.1, 0.15) is 27.6 Å². The number of para-hydroxylation sites is 1. The van der Waals surface area contributed by atoms with Crippen molar-refractivity contribution in [3.8, 4) is 17.2 Å². The minimum atomic E-state index is -0.570. The molecule has 0 aliphatic rings. The molecule has 3 aromatic rings. The first-order valence-corrected chi connectivity index (χ1v) is 8.49. The number of ether oxygens (including phenoxy) is 3. The van der Waals surface area contributed by atoms with Crippen LogP contribution in [-0.2, 0) is 0 Å². The molecule has 0 aliphatic heterocycles. The highest BCUT2D eigenvalue weighted by Crippen LogP contribution is 2.38. The maximum absolute atomic E-state index is 12.5. The zero-order valence-corrected chi connectivity index (χ0v) is 14.8. The molecule has 3 aromatic carbocycles. The van der Waals surface area contributed by atoms with Crippen molar-refractivity contribution in [3.63, 3.8) is 0 Å². The zero-order chi connectivity index (χ0) is 19.1. The van der Waals surface area contributed by atoms with Crippen LogP contribution in [0.5, 0.6) is 17.2 Å². The van der Waals surface area contributed by atoms with Crippen LogP contribution >= 0.6 is 0 Å². The van der Waals surface area contributed by atoms with Crippen molar-refractivity contribution in [2.75, 3.05) is 6.61 Å². The third kappa shape index (κ3) is 4.52. The van der Waals surface area contributed by atoms with Crippen LogP contribution < -0.4 is 14.2 Å². The number of carbonyl (C=O) groups is 2. The summed E-state index contributed by atoms with van der Waals surface area (Å²) in [4.78, 5) is 24.8. The van der Waals surface area contributed by atoms with Crippen molar-refractivity contribution in [2.24, 2.45) is 0 Å². The van der Waals surface area contributed by atoms with Crippen LogP contribution in [0.25, 0.3) is 0 Å². The highest BCUT2D eigenvalue weighted by Gasteiger charge is 2.20. The third-order valence-corrected chi connectivity index (χ3v) is 3.66. The second-order valence-corrected chi connectivity index (χ2v) is 5.53. The van der Waals surface area contributed by atoms with E-state index in [9.17, 15) is 9.59 Å². The molecule has 0 saturated heterocycles. The predicted molar refractivity (Wildman–Crippen MR) is 100 cm³/mol. The Bertz CT molecular complexity index is 920. The van der Waals surface area contributed by atoms with Gasteiger partial charge in [-0.15, -0.1) is 0 Å². The van der Waals surface area contributed by atoms with Gasteiger partial charge in [0.05, 0.1) is 17.7 Å². The molecule has 3 rings (SSSR count). The molecular formula is C22H18O5. The molecule has 0 spiro atoms. The first-order chi connectivity index (χ1) is 13.2. The maximum Gasteiger partial charge on any atom is 0.343 e. The molecule has 0 amide bonds. The third-order valence-electron chi connectivity index (χ3n) is 3.66. The van der Waals surface area contributed by atoms with Gasteiger partial charge in [0, 0.05) is 0 Å². The first-order valence-electron chi connectivity index (χ1n) is 8.49. The molecular weight excluding hydrogens is 344 g/mol. The van der Waals surface area contributed by atoms with Crippen molar-refractivity contribution in [3.05, 3.63) is 90.0 Å². The van der Waals surface area contributed by atoms with E-state index in [4.69, 9.17) is 14.2 Å². The van der Waals surface area contributed by atoms with Crippen molar-refractivity contribution >= 4 is 11.9 Å². The van der Waals surface area contributed by atoms with Crippen LogP contribution in [0.15, 0.2) is 78.9 Å². The molecule has 0 aliphatic carbocycles. The lowest BCUT2D eigenvalue weighted by Crippen LogP contribution is -2.13. The lowest BCUT2D eigenvalue weighted by atomic mass is 10.2. The summed E-state index contributed by atoms with van der Waals surface area (Å²) < 4.78 is 16.5. The second-order valence-electron chi connectivity index (χ2n) is 5.53. The van der Waals surface area contributed by atoms with Gasteiger partial charge in [-0.3, -0.25) is 0 Å². The van der Waals surface area contributed by atoms with E-state index in [1.807, 2.05) is 6.92 Å². The molecule has 0 atom stereocenters. The van der Waals surface area contributed by atoms with Gasteiger partial charge in [-0.25, -0.2) is 9.59 Å². The van der Waals surface area contributed by atoms with E-state index in [-0.39, 0.29) is 11.5 Å². The first kappa shape index (κ1) is 18.2. The van der Waals surface area contributed by atoms with Crippen molar-refractivity contribution in [1.82, 2.24) is 0 Å². The molecule has 0 aromatic heterocycles. The molecule has 0 N–H and O–H groups in total. The topological polar surface area (TPSA) is 61.8 Å². The van der Waals surface area contributed by atoms with Crippen LogP contribution in [0.4, 0.5) is 0 Å². The van der Waals surface area contributed by atoms with Gasteiger partial charge in [0.15, 0.2) is 11.5 Å². The summed E-state index contributed by atoms with van der Waals surface area (Å²) in [6.45, 7) is 2.18. The molecule has 0 saturated carbocycles. The molecule has 0 fully saturated rings. The summed E-state index contributed by atoms with van der Waals surface area (Å²) in [7, 11) is 0. The highest BCUT2D eigenvalue weighted by atomic mass is 16.6. The van der Waals surface area contributed by atoms with Gasteiger partial charge >= 0.3 is 11.9 Å². The zero-order valence-electron chi connectivity index (χ0n) is 14.8. The van der Waals surface area contributed by atoms with E-state index >= 15 is 0 Å². The largest absolute Gasteiger partial charge is 0.490 e. The van der Waals surface area contributed by atoms with E-state index < -0.39 is 11.9 Å². The molecule has 5 heteroatoms. The Hall–Kier alpha value is -3.60. The second kappa shape index (κ2) is 8.67. The fourth-order valence-electron chi connectivity index (χ4n) is 2.40. The van der Waals surface area contributed by atoms with Gasteiger partial charge in [-0.2, -0.15) is 0 Å². The fraction of sp³-hybridized carbons (Fsp3) is 0.0909. The SMILES string of the molecule is CCOc1cccc(OC(=O)c2ccccc2)c1OC(=O)c1ccccc1. The Morgan fingerprint density at radius 2 is 1.19 bits per heavy atom. The van der Waals surface area contributed by atoms with E-state index in [1.165, 1.54) is 0 Å². The number of rotatable bonds is 6. The highest BCUT2D eigenvalue weighted by molar-refractivity contribution is 5.93. The number of benzene rings is 3. The number of hydrogen-bond acceptors (Lipinski definition) is 5. The van der Waals surface area contributed by atoms with Crippen molar-refractivity contribution in [2.45, 2.75) is 6.92 Å². The summed E-state index contributed by atoms with van der Waals surface area (Å²) in [6, 6.07) is 22.0. The van der Waals surface area contributed by atoms with Crippen LogP contribution in [0, 0.1) is 0 Å². The summed E-state index contributed by atoms with van der Waals surface area (Å²) in [5, 5.41) is 0. The normalized spacial score (nSPS) is 10.1. The van der Waals surface area contributed by atoms with Crippen LogP contribution in [0.3, 0.4) is 0 Å². The Morgan fingerprint density at radius 1 is 0.667 bits per heavy atom. The number of hydrogen-bond donors (Lipinski definition) is 0. The summed E-state index contributed by atoms with van der Waals surface area (Å²) in [6.07, 6.45) is 0. The van der Waals surface area contributed by atoms with Gasteiger partial charge < -0.3 is 14.2 Å². The van der Waals surface area contributed by atoms with Crippen LogP contribution in [0.2, 0.25) is 0 Å². The smallest absolute Gasteiger partial charge is 0.343 e. The fourth-order valence-corrected chi connectivity index (χ4v) is 2.40. The molecule has 0 unspecified atom stereocenters. The van der Waals surface area contributed by atoms with E-state index in [0.717, 1.165) is 0 Å². The van der Waals surface area contributed by atoms with Gasteiger partial charge in [0.25, 0.3) is 0 Å². The minimum Gasteiger partial charge on any atom is -0.490 e.